The fourth-order valence-corrected chi connectivity index (χ4v) is 3.71. The SMILES string of the molecule is Cc1cc2c(cn1)cc(-c1cc(NC(=O)NCC(=O)c3ccccc3)ccc1C)c(=O)n2C. The number of nitrogens with zero attached hydrogens (tertiary/aromatic N) is 2. The first-order valence-corrected chi connectivity index (χ1v) is 10.5. The molecule has 0 aliphatic rings. The van der Waals surface area contributed by atoms with Crippen LogP contribution in [0.1, 0.15) is 21.6 Å². The molecule has 4 rings (SSSR count). The number of pyridine rings is 2. The van der Waals surface area contributed by atoms with Gasteiger partial charge in [0.1, 0.15) is 0 Å². The molecule has 2 aromatic carbocycles. The van der Waals surface area contributed by atoms with Gasteiger partial charge in [-0.15, -0.1) is 0 Å². The zero-order chi connectivity index (χ0) is 23.5. The number of anilines is 1. The van der Waals surface area contributed by atoms with Crippen LogP contribution in [0.25, 0.3) is 22.0 Å². The van der Waals surface area contributed by atoms with Crippen LogP contribution in [0.15, 0.2) is 71.7 Å². The average molecular weight is 441 g/mol. The first-order chi connectivity index (χ1) is 15.8. The van der Waals surface area contributed by atoms with Crippen LogP contribution in [0.2, 0.25) is 0 Å². The predicted molar refractivity (Wildman–Crippen MR) is 130 cm³/mol. The van der Waals surface area contributed by atoms with Crippen molar-refractivity contribution in [1.29, 1.82) is 0 Å². The number of carbonyl (C=O) groups excluding carboxylic acids is 2. The Hall–Kier alpha value is -4.26. The van der Waals surface area contributed by atoms with E-state index in [1.165, 1.54) is 0 Å². The Bertz CT molecular complexity index is 1430. The largest absolute Gasteiger partial charge is 0.330 e. The molecule has 0 bridgehead atoms. The first kappa shape index (κ1) is 22.0. The molecule has 0 fully saturated rings. The molecule has 0 unspecified atom stereocenters. The second-order valence-electron chi connectivity index (χ2n) is 7.93. The number of nitrogens with one attached hydrogen (secondary N) is 2. The molecular formula is C26H24N4O3. The Morgan fingerprint density at radius 1 is 0.970 bits per heavy atom. The lowest BCUT2D eigenvalue weighted by Gasteiger charge is -2.13. The Morgan fingerprint density at radius 2 is 1.73 bits per heavy atom. The van der Waals surface area contributed by atoms with E-state index in [0.717, 1.165) is 27.7 Å². The molecule has 2 amide bonds. The molecule has 2 aromatic heterocycles. The zero-order valence-corrected chi connectivity index (χ0v) is 18.7. The van der Waals surface area contributed by atoms with Gasteiger partial charge in [-0.3, -0.25) is 14.6 Å². The van der Waals surface area contributed by atoms with Crippen molar-refractivity contribution < 1.29 is 9.59 Å². The lowest BCUT2D eigenvalue weighted by atomic mass is 9.99. The number of benzene rings is 2. The van der Waals surface area contributed by atoms with Gasteiger partial charge in [0.15, 0.2) is 5.78 Å². The van der Waals surface area contributed by atoms with E-state index in [-0.39, 0.29) is 17.9 Å². The van der Waals surface area contributed by atoms with Crippen molar-refractivity contribution >= 4 is 28.4 Å². The monoisotopic (exact) mass is 440 g/mol. The van der Waals surface area contributed by atoms with Gasteiger partial charge in [-0.05, 0) is 49.2 Å². The second kappa shape index (κ2) is 9.08. The number of fused-ring (bicyclic) bond motifs is 1. The molecule has 0 aliphatic heterocycles. The maximum atomic E-state index is 13.1. The van der Waals surface area contributed by atoms with Crippen LogP contribution < -0.4 is 16.2 Å². The molecule has 2 N–H and O–H groups in total. The Labute approximate surface area is 191 Å². The lowest BCUT2D eigenvalue weighted by molar-refractivity contribution is 0.0993. The Morgan fingerprint density at radius 3 is 2.48 bits per heavy atom. The van der Waals surface area contributed by atoms with Crippen LogP contribution >= 0.6 is 0 Å². The minimum atomic E-state index is -0.500. The summed E-state index contributed by atoms with van der Waals surface area (Å²) in [5, 5.41) is 6.18. The van der Waals surface area contributed by atoms with Crippen LogP contribution in [0.4, 0.5) is 10.5 Å². The van der Waals surface area contributed by atoms with Gasteiger partial charge >= 0.3 is 6.03 Å². The number of hydrogen-bond acceptors (Lipinski definition) is 4. The molecule has 0 saturated carbocycles. The van der Waals surface area contributed by atoms with Crippen molar-refractivity contribution in [1.82, 2.24) is 14.9 Å². The number of urea groups is 1. The van der Waals surface area contributed by atoms with E-state index >= 15 is 0 Å². The zero-order valence-electron chi connectivity index (χ0n) is 18.7. The van der Waals surface area contributed by atoms with Gasteiger partial charge < -0.3 is 15.2 Å². The second-order valence-corrected chi connectivity index (χ2v) is 7.93. The summed E-state index contributed by atoms with van der Waals surface area (Å²) in [5.41, 5.74) is 4.71. The third kappa shape index (κ3) is 4.67. The standard InChI is InChI=1S/C26H24N4O3/c1-16-9-10-20(29-26(33)28-15-24(31)18-7-5-4-6-8-18)13-21(16)22-12-19-14-27-17(2)11-23(19)30(3)25(22)32/h4-14H,15H2,1-3H3,(H2,28,29,33). The predicted octanol–water partition coefficient (Wildman–Crippen LogP) is 4.22. The first-order valence-electron chi connectivity index (χ1n) is 10.5. The molecule has 0 saturated heterocycles. The summed E-state index contributed by atoms with van der Waals surface area (Å²) < 4.78 is 1.61. The van der Waals surface area contributed by atoms with E-state index in [4.69, 9.17) is 0 Å². The number of aromatic nitrogens is 2. The van der Waals surface area contributed by atoms with Crippen LogP contribution in [-0.4, -0.2) is 27.9 Å². The Kier molecular flexibility index (Phi) is 6.04. The van der Waals surface area contributed by atoms with Crippen molar-refractivity contribution in [3.8, 4) is 11.1 Å². The molecular weight excluding hydrogens is 416 g/mol. The topological polar surface area (TPSA) is 93.1 Å². The summed E-state index contributed by atoms with van der Waals surface area (Å²) in [5.74, 6) is -0.182. The smallest absolute Gasteiger partial charge is 0.319 e. The van der Waals surface area contributed by atoms with Gasteiger partial charge in [-0.25, -0.2) is 4.79 Å². The fraction of sp³-hybridized carbons (Fsp3) is 0.154. The van der Waals surface area contributed by atoms with Crippen LogP contribution in [0.5, 0.6) is 0 Å². The molecule has 7 heteroatoms. The van der Waals surface area contributed by atoms with Gasteiger partial charge in [-0.2, -0.15) is 0 Å². The maximum Gasteiger partial charge on any atom is 0.319 e. The van der Waals surface area contributed by atoms with Crippen molar-refractivity contribution in [2.24, 2.45) is 7.05 Å². The van der Waals surface area contributed by atoms with Gasteiger partial charge in [0.05, 0.1) is 12.1 Å². The van der Waals surface area contributed by atoms with E-state index in [0.29, 0.717) is 16.8 Å². The van der Waals surface area contributed by atoms with E-state index < -0.39 is 6.03 Å². The van der Waals surface area contributed by atoms with E-state index in [1.54, 1.807) is 54.2 Å². The number of Topliss-reactive ketones (excluding diaryl/α,β-unsaturated/α-hetero) is 1. The summed E-state index contributed by atoms with van der Waals surface area (Å²) in [7, 11) is 1.74. The highest BCUT2D eigenvalue weighted by Gasteiger charge is 2.14. The lowest BCUT2D eigenvalue weighted by Crippen LogP contribution is -2.33. The minimum absolute atomic E-state index is 0.119. The molecule has 4 aromatic rings. The van der Waals surface area contributed by atoms with Crippen molar-refractivity contribution in [2.45, 2.75) is 13.8 Å². The van der Waals surface area contributed by atoms with Gasteiger partial charge in [0.2, 0.25) is 0 Å². The van der Waals surface area contributed by atoms with Crippen LogP contribution in [0, 0.1) is 13.8 Å². The maximum absolute atomic E-state index is 13.1. The van der Waals surface area contributed by atoms with Crippen LogP contribution in [-0.2, 0) is 7.05 Å². The van der Waals surface area contributed by atoms with Gasteiger partial charge in [0.25, 0.3) is 5.56 Å². The molecule has 0 radical (unpaired) electrons. The van der Waals surface area contributed by atoms with Crippen LogP contribution in [0.3, 0.4) is 0 Å². The number of carbonyl (C=O) groups is 2. The molecule has 166 valence electrons. The molecule has 2 heterocycles. The molecule has 7 nitrogen and oxygen atoms in total. The summed E-state index contributed by atoms with van der Waals surface area (Å²) in [6.45, 7) is 3.68. The summed E-state index contributed by atoms with van der Waals surface area (Å²) in [4.78, 5) is 42.0. The Balaban J connectivity index is 1.57. The third-order valence-electron chi connectivity index (χ3n) is 5.54. The molecule has 33 heavy (non-hydrogen) atoms. The number of ketones is 1. The highest BCUT2D eigenvalue weighted by molar-refractivity contribution is 6.00. The number of rotatable bonds is 5. The van der Waals surface area contributed by atoms with E-state index in [9.17, 15) is 14.4 Å². The number of aryl methyl sites for hydroxylation is 3. The number of hydrogen-bond donors (Lipinski definition) is 2. The highest BCUT2D eigenvalue weighted by atomic mass is 16.2. The molecule has 0 atom stereocenters. The van der Waals surface area contributed by atoms with E-state index in [1.807, 2.05) is 38.1 Å². The number of amides is 2. The van der Waals surface area contributed by atoms with Crippen molar-refractivity contribution in [3.05, 3.63) is 94.0 Å². The minimum Gasteiger partial charge on any atom is -0.330 e. The van der Waals surface area contributed by atoms with E-state index in [2.05, 4.69) is 15.6 Å². The van der Waals surface area contributed by atoms with Crippen molar-refractivity contribution in [3.63, 3.8) is 0 Å². The molecule has 0 aliphatic carbocycles. The third-order valence-corrected chi connectivity index (χ3v) is 5.54. The summed E-state index contributed by atoms with van der Waals surface area (Å²) in [6.07, 6.45) is 1.75. The van der Waals surface area contributed by atoms with Crippen molar-refractivity contribution in [2.75, 3.05) is 11.9 Å². The summed E-state index contributed by atoms with van der Waals surface area (Å²) in [6, 6.07) is 17.4. The van der Waals surface area contributed by atoms with Gasteiger partial charge in [-0.1, -0.05) is 36.4 Å². The van der Waals surface area contributed by atoms with Gasteiger partial charge in [0, 0.05) is 41.1 Å². The molecule has 0 spiro atoms. The normalized spacial score (nSPS) is 10.8. The summed E-state index contributed by atoms with van der Waals surface area (Å²) >= 11 is 0. The fourth-order valence-electron chi connectivity index (χ4n) is 3.71. The average Bonchev–Trinajstić information content (AvgIpc) is 2.82. The highest BCUT2D eigenvalue weighted by Crippen LogP contribution is 2.26. The quantitative estimate of drug-likeness (QED) is 0.455.